The number of amides is 4. The molecule has 4 bridgehead atoms. The van der Waals surface area contributed by atoms with Crippen LogP contribution in [0, 0.1) is 47.3 Å². The molecule has 9 aliphatic rings. The van der Waals surface area contributed by atoms with Crippen molar-refractivity contribution >= 4 is 53.4 Å². The highest BCUT2D eigenvalue weighted by molar-refractivity contribution is 6.06. The van der Waals surface area contributed by atoms with Crippen LogP contribution in [0.4, 0.5) is 11.9 Å². The zero-order valence-corrected chi connectivity index (χ0v) is 41.8. The molecule has 7 heterocycles. The van der Waals surface area contributed by atoms with Gasteiger partial charge in [-0.05, 0) is 126 Å². The van der Waals surface area contributed by atoms with Gasteiger partial charge in [0.15, 0.2) is 5.60 Å². The van der Waals surface area contributed by atoms with Gasteiger partial charge in [0.25, 0.3) is 0 Å². The number of aromatic nitrogens is 4. The Morgan fingerprint density at radius 2 is 0.905 bits per heavy atom. The first-order valence-corrected chi connectivity index (χ1v) is 26.2. The largest absolute Gasteiger partial charge is 0.481 e. The van der Waals surface area contributed by atoms with E-state index in [0.717, 1.165) is 51.7 Å². The lowest BCUT2D eigenvalue weighted by Gasteiger charge is -2.34. The number of carbonyl (C=O) groups excluding carboxylic acids is 4. The molecule has 0 radical (unpaired) electrons. The SMILES string of the molecule is C1CCOC1.O=C(O)CC(O)(CC(=O)O)C(=O)O.[2H]c1cnc(N2CCN(C([2H])([2H])CCCN3C(=O)C4C5CCC(C5)C4C3=O)CC2)nc1.[2H]c1cnc(N2CCN(C([2H])([2H])CCCN3C(=O)C4C5CCC(C5)C4C3=O)CC2)nc1. The molecule has 4 aliphatic carbocycles. The lowest BCUT2D eigenvalue weighted by molar-refractivity contribution is -0.170. The van der Waals surface area contributed by atoms with Gasteiger partial charge in [0, 0.05) is 109 Å². The fourth-order valence-corrected chi connectivity index (χ4v) is 12.5. The van der Waals surface area contributed by atoms with Gasteiger partial charge in [-0.3, -0.25) is 48.4 Å². The first kappa shape index (κ1) is 46.8. The number of carboxylic acids is 3. The summed E-state index contributed by atoms with van der Waals surface area (Å²) in [7, 11) is 0. The maximum Gasteiger partial charge on any atom is 0.336 e. The quantitative estimate of drug-likeness (QED) is 0.166. The average Bonchev–Trinajstić information content (AvgIpc) is 4.38. The first-order chi connectivity index (χ1) is 38.0. The van der Waals surface area contributed by atoms with Gasteiger partial charge in [-0.1, -0.05) is 0 Å². The molecular weight excluding hydrogens is 957 g/mol. The van der Waals surface area contributed by atoms with E-state index >= 15 is 0 Å². The highest BCUT2D eigenvalue weighted by Crippen LogP contribution is 2.57. The van der Waals surface area contributed by atoms with E-state index in [-0.39, 0.29) is 72.2 Å². The standard InChI is InChI=1S/2C21H29N5O2.C6H8O7.C4H8O/c2*27-19-17-15-4-5-16(14-15)18(17)20(28)26(19)9-2-1-8-24-10-12-25(13-11-24)21-22-6-3-7-23-21;7-3(8)1-6(13,5(11)12)2-4(9)10;1-2-4-5-3-1/h2*3,6-7,15-18H,1-2,4-5,8-14H2;13H,1-2H2,(H,7,8)(H,9,10)(H,11,12);1-4H2/i2*3D,8D2;;. The summed E-state index contributed by atoms with van der Waals surface area (Å²) in [4.78, 5) is 109. The third-order valence-corrected chi connectivity index (χ3v) is 16.1. The van der Waals surface area contributed by atoms with E-state index in [0.29, 0.717) is 114 Å². The normalized spacial score (nSPS) is 29.6. The highest BCUT2D eigenvalue weighted by Gasteiger charge is 2.61. The van der Waals surface area contributed by atoms with Crippen LogP contribution in [0.25, 0.3) is 0 Å². The molecule has 11 rings (SSSR count). The zero-order chi connectivity index (χ0) is 57.7. The molecule has 404 valence electrons. The molecular formula is C52H74N10O12. The monoisotopic (exact) mass is 1040 g/mol. The minimum Gasteiger partial charge on any atom is -0.481 e. The van der Waals surface area contributed by atoms with Crippen molar-refractivity contribution in [2.24, 2.45) is 47.3 Å². The topological polar surface area (TPSA) is 281 Å². The second-order valence-corrected chi connectivity index (χ2v) is 20.7. The minimum absolute atomic E-state index is 0.00456. The van der Waals surface area contributed by atoms with Gasteiger partial charge in [0.1, 0.15) is 0 Å². The molecule has 4 N–H and O–H groups in total. The van der Waals surface area contributed by atoms with E-state index in [4.69, 9.17) is 33.4 Å². The lowest BCUT2D eigenvalue weighted by atomic mass is 9.81. The van der Waals surface area contributed by atoms with Crippen molar-refractivity contribution in [3.8, 4) is 0 Å². The van der Waals surface area contributed by atoms with E-state index in [1.165, 1.54) is 47.4 Å². The number of aliphatic carboxylic acids is 3. The van der Waals surface area contributed by atoms with Crippen molar-refractivity contribution in [2.45, 2.75) is 95.5 Å². The van der Waals surface area contributed by atoms with Gasteiger partial charge < -0.3 is 35.0 Å². The number of hydrogen-bond donors (Lipinski definition) is 4. The molecule has 0 aromatic carbocycles. The summed E-state index contributed by atoms with van der Waals surface area (Å²) >= 11 is 0. The second-order valence-electron chi connectivity index (χ2n) is 20.7. The number of imide groups is 2. The van der Waals surface area contributed by atoms with Crippen LogP contribution in [-0.2, 0) is 38.3 Å². The molecule has 4 saturated carbocycles. The molecule has 2 aromatic heterocycles. The van der Waals surface area contributed by atoms with Crippen molar-refractivity contribution in [3.63, 3.8) is 0 Å². The van der Waals surface area contributed by atoms with Gasteiger partial charge >= 0.3 is 17.9 Å². The summed E-state index contributed by atoms with van der Waals surface area (Å²) in [5.74, 6) is -2.72. The van der Waals surface area contributed by atoms with Gasteiger partial charge in [-0.2, -0.15) is 0 Å². The van der Waals surface area contributed by atoms with Crippen LogP contribution in [-0.4, -0.2) is 199 Å². The Morgan fingerprint density at radius 3 is 1.19 bits per heavy atom. The smallest absolute Gasteiger partial charge is 0.336 e. The van der Waals surface area contributed by atoms with Crippen LogP contribution in [0.2, 0.25) is 0 Å². The van der Waals surface area contributed by atoms with Gasteiger partial charge in [-0.15, -0.1) is 0 Å². The summed E-state index contributed by atoms with van der Waals surface area (Å²) in [6.07, 6.45) is 14.0. The van der Waals surface area contributed by atoms with Crippen molar-refractivity contribution < 1.29 is 66.9 Å². The zero-order valence-electron chi connectivity index (χ0n) is 47.8. The van der Waals surface area contributed by atoms with Crippen LogP contribution in [0.5, 0.6) is 0 Å². The van der Waals surface area contributed by atoms with E-state index in [2.05, 4.69) is 19.9 Å². The van der Waals surface area contributed by atoms with Gasteiger partial charge in [0.2, 0.25) is 35.5 Å². The molecule has 8 unspecified atom stereocenters. The van der Waals surface area contributed by atoms with Gasteiger partial charge in [0.05, 0.1) is 39.3 Å². The summed E-state index contributed by atoms with van der Waals surface area (Å²) in [5.41, 5.74) is -2.74. The molecule has 5 saturated heterocycles. The third-order valence-electron chi connectivity index (χ3n) is 16.1. The number of piperazine rings is 2. The molecule has 8 atom stereocenters. The van der Waals surface area contributed by atoms with E-state index in [1.807, 2.05) is 19.6 Å². The first-order valence-electron chi connectivity index (χ1n) is 29.2. The highest BCUT2D eigenvalue weighted by atomic mass is 16.5. The molecule has 9 fully saturated rings. The van der Waals surface area contributed by atoms with Crippen molar-refractivity contribution in [1.82, 2.24) is 39.5 Å². The van der Waals surface area contributed by atoms with Gasteiger partial charge in [-0.25, -0.2) is 24.7 Å². The van der Waals surface area contributed by atoms with Crippen LogP contribution in [0.15, 0.2) is 36.9 Å². The van der Waals surface area contributed by atoms with Crippen LogP contribution < -0.4 is 9.80 Å². The fourth-order valence-electron chi connectivity index (χ4n) is 12.5. The summed E-state index contributed by atoms with van der Waals surface area (Å²) in [6, 6.07) is 0.537. The Labute approximate surface area is 440 Å². The summed E-state index contributed by atoms with van der Waals surface area (Å²) in [6.45, 7) is 4.35. The third kappa shape index (κ3) is 13.0. The Bertz CT molecular complexity index is 2340. The molecule has 0 spiro atoms. The average molecular weight is 1040 g/mol. The van der Waals surface area contributed by atoms with Crippen LogP contribution >= 0.6 is 0 Å². The van der Waals surface area contributed by atoms with Crippen LogP contribution in [0.3, 0.4) is 0 Å². The summed E-state index contributed by atoms with van der Waals surface area (Å²) < 4.78 is 54.0. The fraction of sp³-hybridized carbons (Fsp3) is 0.712. The second kappa shape index (κ2) is 25.2. The molecule has 4 amide bonds. The maximum atomic E-state index is 12.8. The maximum absolute atomic E-state index is 12.8. The molecule has 2 aromatic rings. The summed E-state index contributed by atoms with van der Waals surface area (Å²) in [5, 5.41) is 33.8. The predicted molar refractivity (Wildman–Crippen MR) is 266 cm³/mol. The number of carbonyl (C=O) groups is 7. The van der Waals surface area contributed by atoms with Crippen molar-refractivity contribution in [2.75, 3.05) is 101 Å². The predicted octanol–water partition coefficient (Wildman–Crippen LogP) is 2.37. The van der Waals surface area contributed by atoms with Crippen LogP contribution in [0.1, 0.15) is 98.1 Å². The van der Waals surface area contributed by atoms with E-state index in [9.17, 15) is 33.6 Å². The van der Waals surface area contributed by atoms with E-state index in [1.54, 1.807) is 0 Å². The number of ether oxygens (including phenoxy) is 1. The number of fused-ring (bicyclic) bond motifs is 10. The number of rotatable bonds is 17. The number of anilines is 2. The Morgan fingerprint density at radius 1 is 0.568 bits per heavy atom. The van der Waals surface area contributed by atoms with Crippen molar-refractivity contribution in [1.29, 1.82) is 0 Å². The number of hydrogen-bond acceptors (Lipinski definition) is 17. The molecule has 22 nitrogen and oxygen atoms in total. The Kier molecular flexibility index (Phi) is 15.9. The molecule has 5 aliphatic heterocycles. The van der Waals surface area contributed by atoms with Crippen molar-refractivity contribution in [3.05, 3.63) is 36.9 Å². The Balaban J connectivity index is 0.000000162. The Hall–Kier alpha value is -5.71. The number of nitrogens with zero attached hydrogens (tertiary/aromatic N) is 10. The number of likely N-dealkylation sites (tertiary alicyclic amines) is 2. The van der Waals surface area contributed by atoms with E-state index < -0.39 is 49.3 Å². The molecule has 22 heteroatoms. The number of carboxylic acid groups (broad SMARTS) is 3. The minimum atomic E-state index is -2.74. The number of aliphatic hydroxyl groups is 1. The molecule has 74 heavy (non-hydrogen) atoms. The lowest BCUT2D eigenvalue weighted by Crippen LogP contribution is -2.47.